The number of ether oxygens (including phenoxy) is 1. The quantitative estimate of drug-likeness (QED) is 0.797. The summed E-state index contributed by atoms with van der Waals surface area (Å²) in [7, 11) is 1.65. The lowest BCUT2D eigenvalue weighted by Gasteiger charge is -2.28. The number of carbonyl (C=O) groups is 1. The molecule has 0 amide bonds. The summed E-state index contributed by atoms with van der Waals surface area (Å²) in [5.74, 6) is -1.93. The Morgan fingerprint density at radius 1 is 1.50 bits per heavy atom. The molecule has 1 N–H and O–H groups in total. The molecule has 0 fully saturated rings. The van der Waals surface area contributed by atoms with Crippen LogP contribution >= 0.6 is 0 Å². The van der Waals surface area contributed by atoms with Crippen LogP contribution in [-0.4, -0.2) is 42.3 Å². The molecule has 0 aliphatic carbocycles. The van der Waals surface area contributed by atoms with Gasteiger partial charge in [-0.05, 0) is 31.0 Å². The Balaban J connectivity index is 2.82. The van der Waals surface area contributed by atoms with Crippen molar-refractivity contribution in [2.24, 2.45) is 0 Å². The molecule has 5 heteroatoms. The van der Waals surface area contributed by atoms with Gasteiger partial charge >= 0.3 is 5.97 Å². The van der Waals surface area contributed by atoms with Crippen LogP contribution in [0.25, 0.3) is 0 Å². The van der Waals surface area contributed by atoms with E-state index in [1.807, 2.05) is 0 Å². The number of benzene rings is 1. The van der Waals surface area contributed by atoms with Crippen molar-refractivity contribution >= 4 is 5.97 Å². The molecule has 0 saturated carbocycles. The third-order valence-electron chi connectivity index (χ3n) is 3.45. The highest BCUT2D eigenvalue weighted by Crippen LogP contribution is 2.15. The molecule has 4 nitrogen and oxygen atoms in total. The predicted octanol–water partition coefficient (Wildman–Crippen LogP) is 2.77. The highest BCUT2D eigenvalue weighted by Gasteiger charge is 2.15. The van der Waals surface area contributed by atoms with Crippen LogP contribution in [0.2, 0.25) is 0 Å². The first-order valence-electron chi connectivity index (χ1n) is 6.74. The second kappa shape index (κ2) is 7.97. The lowest BCUT2D eigenvalue weighted by molar-refractivity contribution is 0.0692. The van der Waals surface area contributed by atoms with Crippen LogP contribution in [0.1, 0.15) is 36.2 Å². The fourth-order valence-corrected chi connectivity index (χ4v) is 1.99. The van der Waals surface area contributed by atoms with Crippen LogP contribution in [0.4, 0.5) is 4.39 Å². The van der Waals surface area contributed by atoms with Crippen LogP contribution in [0, 0.1) is 5.82 Å². The summed E-state index contributed by atoms with van der Waals surface area (Å²) in [6.07, 6.45) is 0.986. The number of methoxy groups -OCH3 is 1. The number of hydrogen-bond donors (Lipinski definition) is 1. The third kappa shape index (κ3) is 4.58. The molecule has 1 unspecified atom stereocenters. The van der Waals surface area contributed by atoms with Gasteiger partial charge in [-0.3, -0.25) is 4.90 Å². The molecule has 1 aromatic rings. The molecule has 112 valence electrons. The van der Waals surface area contributed by atoms with Crippen LogP contribution in [0.5, 0.6) is 0 Å². The van der Waals surface area contributed by atoms with Crippen molar-refractivity contribution in [2.75, 3.05) is 20.3 Å². The standard InChI is InChI=1S/C15H22FNO3/c1-4-11(2)17(7-8-20-3)10-12-5-6-13(15(18)19)14(16)9-12/h5-6,9,11H,4,7-8,10H2,1-3H3,(H,18,19). The average Bonchev–Trinajstić information content (AvgIpc) is 2.42. The summed E-state index contributed by atoms with van der Waals surface area (Å²) >= 11 is 0. The van der Waals surface area contributed by atoms with Gasteiger partial charge in [-0.25, -0.2) is 9.18 Å². The van der Waals surface area contributed by atoms with Crippen LogP contribution in [0.3, 0.4) is 0 Å². The topological polar surface area (TPSA) is 49.8 Å². The van der Waals surface area contributed by atoms with Crippen LogP contribution < -0.4 is 0 Å². The maximum atomic E-state index is 13.7. The summed E-state index contributed by atoms with van der Waals surface area (Å²) in [5.41, 5.74) is 0.477. The molecule has 0 saturated heterocycles. The van der Waals surface area contributed by atoms with Gasteiger partial charge in [0.25, 0.3) is 0 Å². The Bertz CT molecular complexity index is 451. The third-order valence-corrected chi connectivity index (χ3v) is 3.45. The van der Waals surface area contributed by atoms with E-state index in [1.165, 1.54) is 12.1 Å². The summed E-state index contributed by atoms with van der Waals surface area (Å²) in [4.78, 5) is 13.0. The SMILES string of the molecule is CCC(C)N(CCOC)Cc1ccc(C(=O)O)c(F)c1. The number of carboxylic acid groups (broad SMARTS) is 1. The largest absolute Gasteiger partial charge is 0.478 e. The van der Waals surface area contributed by atoms with E-state index < -0.39 is 11.8 Å². The zero-order valence-electron chi connectivity index (χ0n) is 12.2. The fourth-order valence-electron chi connectivity index (χ4n) is 1.99. The van der Waals surface area contributed by atoms with Gasteiger partial charge in [-0.15, -0.1) is 0 Å². The molecule has 0 bridgehead atoms. The molecule has 0 aliphatic rings. The van der Waals surface area contributed by atoms with E-state index in [2.05, 4.69) is 18.7 Å². The Morgan fingerprint density at radius 3 is 2.70 bits per heavy atom. The Labute approximate surface area is 119 Å². The van der Waals surface area contributed by atoms with E-state index in [9.17, 15) is 9.18 Å². The van der Waals surface area contributed by atoms with Crippen molar-refractivity contribution < 1.29 is 19.0 Å². The Kier molecular flexibility index (Phi) is 6.61. The van der Waals surface area contributed by atoms with Crippen molar-refractivity contribution in [2.45, 2.75) is 32.9 Å². The van der Waals surface area contributed by atoms with Gasteiger partial charge < -0.3 is 9.84 Å². The minimum atomic E-state index is -1.24. The lowest BCUT2D eigenvalue weighted by atomic mass is 10.1. The zero-order chi connectivity index (χ0) is 15.1. The van der Waals surface area contributed by atoms with Crippen molar-refractivity contribution in [3.8, 4) is 0 Å². The maximum Gasteiger partial charge on any atom is 0.338 e. The first-order valence-corrected chi connectivity index (χ1v) is 6.74. The molecular formula is C15H22FNO3. The van der Waals surface area contributed by atoms with Crippen molar-refractivity contribution in [1.82, 2.24) is 4.90 Å². The molecule has 0 aliphatic heterocycles. The molecule has 0 heterocycles. The Morgan fingerprint density at radius 2 is 2.20 bits per heavy atom. The van der Waals surface area contributed by atoms with Crippen molar-refractivity contribution in [3.63, 3.8) is 0 Å². The molecule has 20 heavy (non-hydrogen) atoms. The highest BCUT2D eigenvalue weighted by atomic mass is 19.1. The first kappa shape index (κ1) is 16.6. The van der Waals surface area contributed by atoms with E-state index in [4.69, 9.17) is 9.84 Å². The first-order chi connectivity index (χ1) is 9.49. The van der Waals surface area contributed by atoms with Gasteiger partial charge in [0.1, 0.15) is 5.82 Å². The second-order valence-corrected chi connectivity index (χ2v) is 4.84. The van der Waals surface area contributed by atoms with Gasteiger partial charge in [-0.2, -0.15) is 0 Å². The molecule has 0 aromatic heterocycles. The van der Waals surface area contributed by atoms with E-state index in [0.29, 0.717) is 19.2 Å². The zero-order valence-corrected chi connectivity index (χ0v) is 12.2. The lowest BCUT2D eigenvalue weighted by Crippen LogP contribution is -2.34. The van der Waals surface area contributed by atoms with Gasteiger partial charge in [0.2, 0.25) is 0 Å². The van der Waals surface area contributed by atoms with Gasteiger partial charge in [0, 0.05) is 26.2 Å². The molecule has 1 rings (SSSR count). The number of hydrogen-bond acceptors (Lipinski definition) is 3. The average molecular weight is 283 g/mol. The molecular weight excluding hydrogens is 261 g/mol. The fraction of sp³-hybridized carbons (Fsp3) is 0.533. The van der Waals surface area contributed by atoms with Crippen LogP contribution in [0.15, 0.2) is 18.2 Å². The molecule has 1 atom stereocenters. The minimum Gasteiger partial charge on any atom is -0.478 e. The second-order valence-electron chi connectivity index (χ2n) is 4.84. The maximum absolute atomic E-state index is 13.7. The number of halogens is 1. The van der Waals surface area contributed by atoms with Gasteiger partial charge in [0.15, 0.2) is 0 Å². The smallest absolute Gasteiger partial charge is 0.338 e. The van der Waals surface area contributed by atoms with E-state index >= 15 is 0 Å². The van der Waals surface area contributed by atoms with Crippen molar-refractivity contribution in [1.29, 1.82) is 0 Å². The number of rotatable bonds is 8. The molecule has 1 aromatic carbocycles. The van der Waals surface area contributed by atoms with E-state index in [1.54, 1.807) is 13.2 Å². The summed E-state index contributed by atoms with van der Waals surface area (Å²) in [6.45, 7) is 6.15. The number of carboxylic acids is 1. The number of nitrogens with zero attached hydrogens (tertiary/aromatic N) is 1. The Hall–Kier alpha value is -1.46. The van der Waals surface area contributed by atoms with Crippen LogP contribution in [-0.2, 0) is 11.3 Å². The summed E-state index contributed by atoms with van der Waals surface area (Å²) < 4.78 is 18.7. The van der Waals surface area contributed by atoms with Gasteiger partial charge in [0.05, 0.1) is 12.2 Å². The summed E-state index contributed by atoms with van der Waals surface area (Å²) in [5, 5.41) is 8.81. The van der Waals surface area contributed by atoms with Crippen molar-refractivity contribution in [3.05, 3.63) is 35.1 Å². The predicted molar refractivity (Wildman–Crippen MR) is 75.4 cm³/mol. The molecule has 0 spiro atoms. The monoisotopic (exact) mass is 283 g/mol. The normalized spacial score (nSPS) is 12.7. The van der Waals surface area contributed by atoms with E-state index in [0.717, 1.165) is 18.5 Å². The number of aromatic carboxylic acids is 1. The van der Waals surface area contributed by atoms with E-state index in [-0.39, 0.29) is 5.56 Å². The molecule has 0 radical (unpaired) electrons. The summed E-state index contributed by atoms with van der Waals surface area (Å²) in [6, 6.07) is 4.63. The minimum absolute atomic E-state index is 0.291. The van der Waals surface area contributed by atoms with Gasteiger partial charge in [-0.1, -0.05) is 13.0 Å². The highest BCUT2D eigenvalue weighted by molar-refractivity contribution is 5.87.